The monoisotopic (exact) mass is 441 g/mol. The zero-order chi connectivity index (χ0) is 21.2. The summed E-state index contributed by atoms with van der Waals surface area (Å²) in [6, 6.07) is 5.60. The van der Waals surface area contributed by atoms with Crippen molar-refractivity contribution in [3.05, 3.63) is 35.9 Å². The van der Waals surface area contributed by atoms with Gasteiger partial charge in [-0.25, -0.2) is 12.8 Å². The molecule has 1 N–H and O–H groups in total. The van der Waals surface area contributed by atoms with Gasteiger partial charge in [0.15, 0.2) is 20.8 Å². The summed E-state index contributed by atoms with van der Waals surface area (Å²) in [6.07, 6.45) is 0.439. The highest BCUT2D eigenvalue weighted by Crippen LogP contribution is 2.27. The smallest absolute Gasteiger partial charge is 0.230 e. The number of nitrogens with one attached hydrogen (secondary N) is 1. The molecule has 29 heavy (non-hydrogen) atoms. The molecule has 8 nitrogen and oxygen atoms in total. The second kappa shape index (κ2) is 8.80. The first kappa shape index (κ1) is 21.7. The molecule has 1 amide bonds. The first-order valence-corrected chi connectivity index (χ1v) is 12.0. The molecule has 1 saturated heterocycles. The zero-order valence-corrected chi connectivity index (χ0v) is 18.1. The van der Waals surface area contributed by atoms with E-state index in [1.807, 2.05) is 30.5 Å². The highest BCUT2D eigenvalue weighted by atomic mass is 32.2. The number of aromatic nitrogens is 3. The molecule has 0 bridgehead atoms. The molecule has 3 rings (SSSR count). The van der Waals surface area contributed by atoms with Crippen LogP contribution in [0.1, 0.15) is 25.2 Å². The minimum absolute atomic E-state index is 0.0142. The van der Waals surface area contributed by atoms with E-state index in [1.54, 1.807) is 12.1 Å². The molecule has 2 aromatic rings. The third-order valence-corrected chi connectivity index (χ3v) is 7.52. The molecule has 1 fully saturated rings. The van der Waals surface area contributed by atoms with E-state index in [2.05, 4.69) is 15.5 Å². The van der Waals surface area contributed by atoms with Gasteiger partial charge in [0.25, 0.3) is 0 Å². The van der Waals surface area contributed by atoms with E-state index in [4.69, 9.17) is 0 Å². The summed E-state index contributed by atoms with van der Waals surface area (Å²) in [7, 11) is 0.790. The number of hydrogen-bond acceptors (Lipinski definition) is 7. The molecule has 0 spiro atoms. The lowest BCUT2D eigenvalue weighted by molar-refractivity contribution is -0.119. The van der Waals surface area contributed by atoms with Crippen LogP contribution in [-0.4, -0.2) is 71.4 Å². The van der Waals surface area contributed by atoms with E-state index in [-0.39, 0.29) is 41.1 Å². The summed E-state index contributed by atoms with van der Waals surface area (Å²) >= 11 is 1.20. The van der Waals surface area contributed by atoms with Crippen molar-refractivity contribution in [3.8, 4) is 5.69 Å². The van der Waals surface area contributed by atoms with Crippen LogP contribution in [0.25, 0.3) is 5.69 Å². The zero-order valence-electron chi connectivity index (χ0n) is 16.5. The van der Waals surface area contributed by atoms with Gasteiger partial charge in [-0.15, -0.1) is 10.2 Å². The fraction of sp³-hybridized carbons (Fsp3) is 0.500. The Labute approximate surface area is 173 Å². The maximum Gasteiger partial charge on any atom is 0.230 e. The number of carbonyl (C=O) groups excluding carboxylic acids is 1. The lowest BCUT2D eigenvalue weighted by Gasteiger charge is -2.20. The Hall–Kier alpha value is -1.98. The number of carbonyl (C=O) groups is 1. The van der Waals surface area contributed by atoms with Crippen LogP contribution < -0.4 is 5.32 Å². The Bertz CT molecular complexity index is 976. The number of hydrogen-bond donors (Lipinski definition) is 1. The van der Waals surface area contributed by atoms with Gasteiger partial charge >= 0.3 is 0 Å². The van der Waals surface area contributed by atoms with E-state index in [9.17, 15) is 17.6 Å². The number of rotatable bonds is 7. The molecular weight excluding hydrogens is 417 g/mol. The van der Waals surface area contributed by atoms with Gasteiger partial charge in [-0.05, 0) is 51.7 Å². The number of amides is 1. The van der Waals surface area contributed by atoms with Crippen molar-refractivity contribution >= 4 is 27.5 Å². The number of nitrogens with zero attached hydrogens (tertiary/aromatic N) is 4. The van der Waals surface area contributed by atoms with Crippen LogP contribution in [0.5, 0.6) is 0 Å². The van der Waals surface area contributed by atoms with Crippen molar-refractivity contribution < 1.29 is 17.6 Å². The van der Waals surface area contributed by atoms with Crippen molar-refractivity contribution in [1.29, 1.82) is 0 Å². The molecule has 1 aromatic carbocycles. The predicted molar refractivity (Wildman–Crippen MR) is 109 cm³/mol. The predicted octanol–water partition coefficient (Wildman–Crippen LogP) is 1.42. The highest BCUT2D eigenvalue weighted by molar-refractivity contribution is 7.99. The molecule has 1 aliphatic rings. The third-order valence-electron chi connectivity index (χ3n) is 4.82. The summed E-state index contributed by atoms with van der Waals surface area (Å²) in [5.74, 6) is 0.241. The molecule has 0 saturated carbocycles. The summed E-state index contributed by atoms with van der Waals surface area (Å²) < 4.78 is 38.3. The lowest BCUT2D eigenvalue weighted by atomic mass is 10.2. The highest BCUT2D eigenvalue weighted by Gasteiger charge is 2.29. The van der Waals surface area contributed by atoms with Gasteiger partial charge in [-0.2, -0.15) is 0 Å². The van der Waals surface area contributed by atoms with E-state index < -0.39 is 9.84 Å². The fourth-order valence-electron chi connectivity index (χ4n) is 3.02. The average Bonchev–Trinajstić information content (AvgIpc) is 3.22. The Morgan fingerprint density at radius 2 is 2.03 bits per heavy atom. The molecule has 158 valence electrons. The standard InChI is InChI=1S/C18H24FN5O3S2/c1-12(23(2)3)17-21-22-18(24(17)15-6-4-13(19)5-7-15)28-10-16(25)20-14-8-9-29(26,27)11-14/h4-7,12,14H,8-11H2,1-3H3,(H,20,25). The van der Waals surface area contributed by atoms with Gasteiger partial charge < -0.3 is 5.32 Å². The van der Waals surface area contributed by atoms with E-state index in [1.165, 1.54) is 23.9 Å². The van der Waals surface area contributed by atoms with Gasteiger partial charge in [0.05, 0.1) is 23.3 Å². The van der Waals surface area contributed by atoms with Crippen LogP contribution in [0.2, 0.25) is 0 Å². The summed E-state index contributed by atoms with van der Waals surface area (Å²) in [5, 5.41) is 11.8. The van der Waals surface area contributed by atoms with Crippen molar-refractivity contribution in [2.75, 3.05) is 31.4 Å². The normalized spacial score (nSPS) is 19.4. The largest absolute Gasteiger partial charge is 0.352 e. The lowest BCUT2D eigenvalue weighted by Crippen LogP contribution is -2.36. The molecule has 0 radical (unpaired) electrons. The van der Waals surface area contributed by atoms with Crippen molar-refractivity contribution in [2.24, 2.45) is 0 Å². The van der Waals surface area contributed by atoms with Crippen molar-refractivity contribution in [2.45, 2.75) is 30.6 Å². The first-order valence-electron chi connectivity index (χ1n) is 9.16. The molecule has 1 aromatic heterocycles. The molecule has 11 heteroatoms. The Morgan fingerprint density at radius 1 is 1.34 bits per heavy atom. The Kier molecular flexibility index (Phi) is 6.59. The summed E-state index contributed by atoms with van der Waals surface area (Å²) in [6.45, 7) is 1.98. The van der Waals surface area contributed by atoms with Crippen molar-refractivity contribution in [1.82, 2.24) is 25.0 Å². The van der Waals surface area contributed by atoms with Crippen LogP contribution in [-0.2, 0) is 14.6 Å². The first-order chi connectivity index (χ1) is 13.7. The van der Waals surface area contributed by atoms with Crippen LogP contribution in [0, 0.1) is 5.82 Å². The van der Waals surface area contributed by atoms with E-state index in [0.29, 0.717) is 23.1 Å². The molecular formula is C18H24FN5O3S2. The SMILES string of the molecule is CC(c1nnc(SCC(=O)NC2CCS(=O)(=O)C2)n1-c1ccc(F)cc1)N(C)C. The van der Waals surface area contributed by atoms with Gasteiger partial charge in [0.2, 0.25) is 5.91 Å². The Balaban J connectivity index is 1.76. The maximum atomic E-state index is 13.4. The number of thioether (sulfide) groups is 1. The van der Waals surface area contributed by atoms with Crippen LogP contribution in [0.3, 0.4) is 0 Å². The average molecular weight is 442 g/mol. The third kappa shape index (κ3) is 5.34. The maximum absolute atomic E-state index is 13.4. The number of halogens is 1. The van der Waals surface area contributed by atoms with Gasteiger partial charge in [0.1, 0.15) is 5.82 Å². The van der Waals surface area contributed by atoms with E-state index >= 15 is 0 Å². The minimum Gasteiger partial charge on any atom is -0.352 e. The van der Waals surface area contributed by atoms with Crippen LogP contribution in [0.15, 0.2) is 29.4 Å². The molecule has 2 unspecified atom stereocenters. The van der Waals surface area contributed by atoms with Gasteiger partial charge in [-0.1, -0.05) is 11.8 Å². The molecule has 1 aliphatic heterocycles. The van der Waals surface area contributed by atoms with Gasteiger partial charge in [0, 0.05) is 11.7 Å². The summed E-state index contributed by atoms with van der Waals surface area (Å²) in [5.41, 5.74) is 0.699. The van der Waals surface area contributed by atoms with Gasteiger partial charge in [-0.3, -0.25) is 14.3 Å². The topological polar surface area (TPSA) is 97.2 Å². The van der Waals surface area contributed by atoms with Crippen LogP contribution in [0.4, 0.5) is 4.39 Å². The second-order valence-corrected chi connectivity index (χ2v) is 10.4. The minimum atomic E-state index is -3.05. The van der Waals surface area contributed by atoms with E-state index in [0.717, 1.165) is 0 Å². The number of sulfone groups is 1. The molecule has 2 atom stereocenters. The Morgan fingerprint density at radius 3 is 2.62 bits per heavy atom. The number of benzene rings is 1. The molecule has 0 aliphatic carbocycles. The fourth-order valence-corrected chi connectivity index (χ4v) is 5.46. The summed E-state index contributed by atoms with van der Waals surface area (Å²) in [4.78, 5) is 14.3. The van der Waals surface area contributed by atoms with Crippen molar-refractivity contribution in [3.63, 3.8) is 0 Å². The molecule has 2 heterocycles. The quantitative estimate of drug-likeness (QED) is 0.649. The second-order valence-electron chi connectivity index (χ2n) is 7.25. The van der Waals surface area contributed by atoms with Crippen LogP contribution >= 0.6 is 11.8 Å².